The average molecular weight is 516 g/mol. The molecular formula is C23H29N7O5S. The summed E-state index contributed by atoms with van der Waals surface area (Å²) in [6.07, 6.45) is -0.00973. The lowest BCUT2D eigenvalue weighted by molar-refractivity contribution is -0.119. The summed E-state index contributed by atoms with van der Waals surface area (Å²) in [5.74, 6) is -2.15. The first kappa shape index (κ1) is 26.3. The second-order valence-electron chi connectivity index (χ2n) is 8.33. The third kappa shape index (κ3) is 5.68. The molecule has 12 nitrogen and oxygen atoms in total. The lowest BCUT2D eigenvalue weighted by Gasteiger charge is -2.20. The minimum absolute atomic E-state index is 0.00973. The van der Waals surface area contributed by atoms with Gasteiger partial charge < -0.3 is 31.9 Å². The average Bonchev–Trinajstić information content (AvgIpc) is 2.79. The molecule has 1 atom stereocenters. The predicted molar refractivity (Wildman–Crippen MR) is 139 cm³/mol. The number of aryl methyl sites for hydroxylation is 1. The van der Waals surface area contributed by atoms with Gasteiger partial charge in [-0.25, -0.2) is 8.42 Å². The van der Waals surface area contributed by atoms with Crippen molar-refractivity contribution in [2.75, 3.05) is 30.3 Å². The van der Waals surface area contributed by atoms with Crippen molar-refractivity contribution in [2.45, 2.75) is 24.2 Å². The number of oxime groups is 1. The molecule has 1 heterocycles. The molecule has 0 aliphatic carbocycles. The highest BCUT2D eigenvalue weighted by atomic mass is 32.2. The summed E-state index contributed by atoms with van der Waals surface area (Å²) in [6, 6.07) is 11.7. The Morgan fingerprint density at radius 2 is 1.81 bits per heavy atom. The first-order valence-electron chi connectivity index (χ1n) is 10.9. The standard InChI is InChI=1S/C23H29N7O5S/c1-13-12-17(16(21(24)31)10-11-35-28-23(25)26)20(22(32)27-13)29-36(33,34)19-9-5-6-14-15(19)7-4-8-18(14)30(2)3/h4-9,12,16,29H,10-11H2,1-3H3,(H2,24,31)(H,27,32)(H4,25,26,28). The SMILES string of the molecule is Cc1cc(C(CCON=C(N)N)C(N)=O)c(NS(=O)(=O)c2cccc3c(N(C)C)cccc23)c(=O)[nH]1. The number of aromatic nitrogens is 1. The molecule has 2 aromatic carbocycles. The Hall–Kier alpha value is -4.26. The zero-order valence-electron chi connectivity index (χ0n) is 20.1. The fraction of sp³-hybridized carbons (Fsp3) is 0.261. The van der Waals surface area contributed by atoms with Crippen molar-refractivity contribution >= 4 is 44.0 Å². The van der Waals surface area contributed by atoms with Crippen molar-refractivity contribution in [3.63, 3.8) is 0 Å². The van der Waals surface area contributed by atoms with Crippen LogP contribution in [0.3, 0.4) is 0 Å². The number of sulfonamides is 1. The van der Waals surface area contributed by atoms with Crippen LogP contribution in [0.4, 0.5) is 11.4 Å². The molecule has 1 aromatic heterocycles. The Kier molecular flexibility index (Phi) is 7.73. The van der Waals surface area contributed by atoms with E-state index < -0.39 is 27.4 Å². The van der Waals surface area contributed by atoms with Crippen LogP contribution in [-0.4, -0.2) is 46.0 Å². The van der Waals surface area contributed by atoms with Crippen LogP contribution in [0.2, 0.25) is 0 Å². The molecule has 3 rings (SSSR count). The molecule has 0 aliphatic heterocycles. The normalized spacial score (nSPS) is 12.1. The maximum Gasteiger partial charge on any atom is 0.272 e. The van der Waals surface area contributed by atoms with Crippen LogP contribution in [0.1, 0.15) is 23.6 Å². The number of benzene rings is 2. The number of nitrogens with one attached hydrogen (secondary N) is 2. The number of carbonyl (C=O) groups excluding carboxylic acids is 1. The molecule has 8 N–H and O–H groups in total. The molecule has 3 aromatic rings. The van der Waals surface area contributed by atoms with Gasteiger partial charge in [0.15, 0.2) is 0 Å². The number of fused-ring (bicyclic) bond motifs is 1. The van der Waals surface area contributed by atoms with Gasteiger partial charge in [-0.2, -0.15) is 0 Å². The van der Waals surface area contributed by atoms with Crippen LogP contribution in [0, 0.1) is 6.92 Å². The zero-order chi connectivity index (χ0) is 26.6. The van der Waals surface area contributed by atoms with E-state index >= 15 is 0 Å². The first-order valence-corrected chi connectivity index (χ1v) is 12.4. The van der Waals surface area contributed by atoms with E-state index in [-0.39, 0.29) is 35.1 Å². The number of anilines is 2. The Morgan fingerprint density at radius 3 is 2.44 bits per heavy atom. The van der Waals surface area contributed by atoms with Gasteiger partial charge in [-0.3, -0.25) is 14.3 Å². The monoisotopic (exact) mass is 515 g/mol. The van der Waals surface area contributed by atoms with Crippen molar-refractivity contribution < 1.29 is 18.0 Å². The summed E-state index contributed by atoms with van der Waals surface area (Å²) in [5.41, 5.74) is 16.4. The minimum Gasteiger partial charge on any atom is -0.393 e. The number of H-pyrrole nitrogens is 1. The zero-order valence-corrected chi connectivity index (χ0v) is 20.9. The predicted octanol–water partition coefficient (Wildman–Crippen LogP) is 0.867. The maximum absolute atomic E-state index is 13.5. The van der Waals surface area contributed by atoms with E-state index in [1.165, 1.54) is 12.1 Å². The molecule has 0 saturated carbocycles. The maximum atomic E-state index is 13.5. The van der Waals surface area contributed by atoms with E-state index in [9.17, 15) is 18.0 Å². The van der Waals surface area contributed by atoms with Gasteiger partial charge in [0.05, 0.1) is 10.8 Å². The topological polar surface area (TPSA) is 199 Å². The Bertz CT molecular complexity index is 1480. The molecule has 36 heavy (non-hydrogen) atoms. The lowest BCUT2D eigenvalue weighted by Crippen LogP contribution is -2.29. The van der Waals surface area contributed by atoms with Crippen molar-refractivity contribution in [2.24, 2.45) is 22.4 Å². The van der Waals surface area contributed by atoms with Crippen LogP contribution in [0.15, 0.2) is 57.3 Å². The van der Waals surface area contributed by atoms with Gasteiger partial charge in [-0.05, 0) is 42.3 Å². The molecule has 0 bridgehead atoms. The van der Waals surface area contributed by atoms with Gasteiger partial charge in [-0.15, -0.1) is 0 Å². The first-order chi connectivity index (χ1) is 16.9. The van der Waals surface area contributed by atoms with Crippen LogP contribution in [0.25, 0.3) is 10.8 Å². The van der Waals surface area contributed by atoms with E-state index in [1.807, 2.05) is 31.1 Å². The summed E-state index contributed by atoms with van der Waals surface area (Å²) in [7, 11) is -0.554. The van der Waals surface area contributed by atoms with Crippen LogP contribution < -0.4 is 32.4 Å². The molecule has 0 fully saturated rings. The number of amides is 1. The molecule has 0 spiro atoms. The Morgan fingerprint density at radius 1 is 1.14 bits per heavy atom. The summed E-state index contributed by atoms with van der Waals surface area (Å²) in [5, 5.41) is 4.58. The third-order valence-electron chi connectivity index (χ3n) is 5.45. The Balaban J connectivity index is 2.09. The molecule has 1 amide bonds. The van der Waals surface area contributed by atoms with E-state index in [4.69, 9.17) is 22.0 Å². The fourth-order valence-corrected chi connectivity index (χ4v) is 5.23. The number of nitrogens with zero attached hydrogens (tertiary/aromatic N) is 2. The van der Waals surface area contributed by atoms with E-state index in [2.05, 4.69) is 14.9 Å². The second-order valence-corrected chi connectivity index (χ2v) is 9.98. The second kappa shape index (κ2) is 10.6. The van der Waals surface area contributed by atoms with Crippen LogP contribution in [-0.2, 0) is 19.7 Å². The smallest absolute Gasteiger partial charge is 0.272 e. The number of guanidine groups is 1. The number of primary amides is 1. The number of hydrogen-bond acceptors (Lipinski definition) is 7. The largest absolute Gasteiger partial charge is 0.393 e. The van der Waals surface area contributed by atoms with Gasteiger partial charge in [0.1, 0.15) is 12.3 Å². The van der Waals surface area contributed by atoms with Crippen molar-refractivity contribution in [1.29, 1.82) is 0 Å². The number of aromatic amines is 1. The number of rotatable bonds is 10. The van der Waals surface area contributed by atoms with E-state index in [0.29, 0.717) is 11.1 Å². The van der Waals surface area contributed by atoms with E-state index in [0.717, 1.165) is 11.1 Å². The molecule has 13 heteroatoms. The third-order valence-corrected chi connectivity index (χ3v) is 6.86. The quantitative estimate of drug-likeness (QED) is 0.113. The summed E-state index contributed by atoms with van der Waals surface area (Å²) >= 11 is 0. The van der Waals surface area contributed by atoms with Gasteiger partial charge in [0.25, 0.3) is 15.6 Å². The lowest BCUT2D eigenvalue weighted by atomic mass is 9.94. The van der Waals surface area contributed by atoms with Crippen molar-refractivity contribution in [3.05, 3.63) is 64.1 Å². The van der Waals surface area contributed by atoms with Crippen LogP contribution >= 0.6 is 0 Å². The minimum atomic E-state index is -4.26. The fourth-order valence-electron chi connectivity index (χ4n) is 3.91. The molecule has 1 unspecified atom stereocenters. The van der Waals surface area contributed by atoms with Gasteiger partial charge in [0, 0.05) is 36.2 Å². The summed E-state index contributed by atoms with van der Waals surface area (Å²) in [4.78, 5) is 34.6. The van der Waals surface area contributed by atoms with Gasteiger partial charge in [0.2, 0.25) is 11.9 Å². The highest BCUT2D eigenvalue weighted by molar-refractivity contribution is 7.93. The van der Waals surface area contributed by atoms with E-state index in [1.54, 1.807) is 25.1 Å². The number of pyridine rings is 1. The molecule has 0 radical (unpaired) electrons. The van der Waals surface area contributed by atoms with Gasteiger partial charge in [-0.1, -0.05) is 24.3 Å². The molecule has 0 saturated heterocycles. The number of nitrogens with two attached hydrogens (primary N) is 3. The molecule has 192 valence electrons. The molecule has 0 aliphatic rings. The van der Waals surface area contributed by atoms with Gasteiger partial charge >= 0.3 is 0 Å². The Labute approximate surface area is 208 Å². The highest BCUT2D eigenvalue weighted by Crippen LogP contribution is 2.32. The summed E-state index contributed by atoms with van der Waals surface area (Å²) < 4.78 is 29.5. The molecular weight excluding hydrogens is 486 g/mol. The van der Waals surface area contributed by atoms with Crippen molar-refractivity contribution in [1.82, 2.24) is 4.98 Å². The number of hydrogen-bond donors (Lipinski definition) is 5. The highest BCUT2D eigenvalue weighted by Gasteiger charge is 2.27. The summed E-state index contributed by atoms with van der Waals surface area (Å²) in [6.45, 7) is 1.49. The van der Waals surface area contributed by atoms with Crippen molar-refractivity contribution in [3.8, 4) is 0 Å². The van der Waals surface area contributed by atoms with Crippen LogP contribution in [0.5, 0.6) is 0 Å². The number of carbonyl (C=O) groups is 1.